The highest BCUT2D eigenvalue weighted by molar-refractivity contribution is 7.90. The van der Waals surface area contributed by atoms with Crippen LogP contribution in [0.3, 0.4) is 0 Å². The van der Waals surface area contributed by atoms with Gasteiger partial charge in [0.1, 0.15) is 0 Å². The monoisotopic (exact) mass is 543 g/mol. The number of fused-ring (bicyclic) bond motifs is 1. The van der Waals surface area contributed by atoms with Gasteiger partial charge in [0.2, 0.25) is 0 Å². The number of para-hydroxylation sites is 1. The zero-order valence-electron chi connectivity index (χ0n) is 21.6. The maximum atomic E-state index is 13.2. The highest BCUT2D eigenvalue weighted by atomic mass is 32.2. The van der Waals surface area contributed by atoms with Crippen LogP contribution >= 0.6 is 0 Å². The maximum Gasteiger partial charge on any atom is 0.338 e. The number of pyridine rings is 1. The predicted molar refractivity (Wildman–Crippen MR) is 150 cm³/mol. The Morgan fingerprint density at radius 2 is 1.59 bits per heavy atom. The van der Waals surface area contributed by atoms with E-state index in [1.54, 1.807) is 66.6 Å². The van der Waals surface area contributed by atoms with Crippen LogP contribution in [0.5, 0.6) is 0 Å². The Morgan fingerprint density at radius 3 is 2.33 bits per heavy atom. The van der Waals surface area contributed by atoms with Crippen molar-refractivity contribution in [1.29, 1.82) is 0 Å². The van der Waals surface area contributed by atoms with Gasteiger partial charge in [-0.05, 0) is 55.0 Å². The molecule has 200 valence electrons. The molecule has 0 atom stereocenters. The first-order valence-corrected chi connectivity index (χ1v) is 14.5. The number of carbonyl (C=O) groups is 2. The molecule has 1 amide bonds. The number of sulfone groups is 1. The summed E-state index contributed by atoms with van der Waals surface area (Å²) in [6.07, 6.45) is 1.59. The summed E-state index contributed by atoms with van der Waals surface area (Å²) < 4.78 is 31.4. The number of anilines is 1. The van der Waals surface area contributed by atoms with Gasteiger partial charge in [0, 0.05) is 49.0 Å². The topological polar surface area (TPSA) is 96.9 Å². The molecule has 5 rings (SSSR count). The fourth-order valence-electron chi connectivity index (χ4n) is 4.76. The van der Waals surface area contributed by atoms with Crippen LogP contribution < -0.4 is 4.90 Å². The first kappa shape index (κ1) is 26.4. The maximum absolute atomic E-state index is 13.2. The van der Waals surface area contributed by atoms with Gasteiger partial charge < -0.3 is 14.5 Å². The van der Waals surface area contributed by atoms with Crippen LogP contribution in [0.1, 0.15) is 33.2 Å². The summed E-state index contributed by atoms with van der Waals surface area (Å²) in [5.74, 6) is -0.624. The Morgan fingerprint density at radius 1 is 0.872 bits per heavy atom. The highest BCUT2D eigenvalue weighted by Crippen LogP contribution is 2.25. The number of aromatic nitrogens is 1. The van der Waals surface area contributed by atoms with Crippen LogP contribution in [-0.2, 0) is 20.3 Å². The standard InChI is InChI=1S/C30H29N3O5S/c1-2-38-30(35)25-7-3-9-26(20-25)32-16-18-33(19-17-32)29(34)24-13-11-22(12-14-24)21-39(36,37)27-10-4-6-23-8-5-15-31-28(23)27/h3-15,20H,2,16-19,21H2,1H3. The molecule has 0 N–H and O–H groups in total. The lowest BCUT2D eigenvalue weighted by atomic mass is 10.1. The lowest BCUT2D eigenvalue weighted by molar-refractivity contribution is 0.0526. The molecule has 0 saturated carbocycles. The third kappa shape index (κ3) is 5.78. The molecular weight excluding hydrogens is 514 g/mol. The largest absolute Gasteiger partial charge is 0.462 e. The molecule has 0 bridgehead atoms. The molecule has 1 saturated heterocycles. The smallest absolute Gasteiger partial charge is 0.338 e. The Bertz CT molecular complexity index is 1610. The van der Waals surface area contributed by atoms with E-state index in [0.717, 1.165) is 11.1 Å². The number of benzene rings is 3. The Hall–Kier alpha value is -4.24. The van der Waals surface area contributed by atoms with Crippen molar-refractivity contribution in [2.24, 2.45) is 0 Å². The van der Waals surface area contributed by atoms with Crippen molar-refractivity contribution < 1.29 is 22.7 Å². The summed E-state index contributed by atoms with van der Waals surface area (Å²) in [4.78, 5) is 33.6. The van der Waals surface area contributed by atoms with E-state index < -0.39 is 9.84 Å². The molecule has 1 fully saturated rings. The Labute approximate surface area is 227 Å². The molecule has 2 heterocycles. The first-order chi connectivity index (χ1) is 18.9. The van der Waals surface area contributed by atoms with Crippen molar-refractivity contribution >= 4 is 38.3 Å². The number of amides is 1. The number of carbonyl (C=O) groups excluding carboxylic acids is 2. The summed E-state index contributed by atoms with van der Waals surface area (Å²) in [7, 11) is -3.63. The molecule has 0 aliphatic carbocycles. The van der Waals surface area contributed by atoms with E-state index in [-0.39, 0.29) is 22.5 Å². The van der Waals surface area contributed by atoms with Gasteiger partial charge in [-0.3, -0.25) is 9.78 Å². The molecule has 1 aliphatic rings. The molecular formula is C30H29N3O5S. The van der Waals surface area contributed by atoms with E-state index in [1.807, 2.05) is 30.3 Å². The number of nitrogens with zero attached hydrogens (tertiary/aromatic N) is 3. The van der Waals surface area contributed by atoms with Crippen molar-refractivity contribution in [2.75, 3.05) is 37.7 Å². The molecule has 0 spiro atoms. The Kier molecular flexibility index (Phi) is 7.60. The first-order valence-electron chi connectivity index (χ1n) is 12.8. The lowest BCUT2D eigenvalue weighted by Crippen LogP contribution is -2.48. The molecule has 9 heteroatoms. The number of hydrogen-bond acceptors (Lipinski definition) is 7. The van der Waals surface area contributed by atoms with Crippen molar-refractivity contribution in [2.45, 2.75) is 17.6 Å². The molecule has 0 unspecified atom stereocenters. The van der Waals surface area contributed by atoms with E-state index in [2.05, 4.69) is 9.88 Å². The second-order valence-corrected chi connectivity index (χ2v) is 11.3. The molecule has 1 aliphatic heterocycles. The van der Waals surface area contributed by atoms with Gasteiger partial charge in [0.25, 0.3) is 5.91 Å². The van der Waals surface area contributed by atoms with Gasteiger partial charge >= 0.3 is 5.97 Å². The van der Waals surface area contributed by atoms with Crippen molar-refractivity contribution in [3.8, 4) is 0 Å². The fourth-order valence-corrected chi connectivity index (χ4v) is 6.30. The molecule has 39 heavy (non-hydrogen) atoms. The summed E-state index contributed by atoms with van der Waals surface area (Å²) in [6.45, 7) is 4.43. The van der Waals surface area contributed by atoms with Crippen LogP contribution in [0.25, 0.3) is 10.9 Å². The molecule has 0 radical (unpaired) electrons. The van der Waals surface area contributed by atoms with Gasteiger partial charge in [-0.1, -0.05) is 36.4 Å². The highest BCUT2D eigenvalue weighted by Gasteiger charge is 2.24. The van der Waals surface area contributed by atoms with Gasteiger partial charge in [0.15, 0.2) is 9.84 Å². The third-order valence-electron chi connectivity index (χ3n) is 6.78. The summed E-state index contributed by atoms with van der Waals surface area (Å²) in [6, 6.07) is 22.8. The van der Waals surface area contributed by atoms with Gasteiger partial charge in [-0.25, -0.2) is 13.2 Å². The summed E-state index contributed by atoms with van der Waals surface area (Å²) in [5, 5.41) is 0.770. The zero-order chi connectivity index (χ0) is 27.4. The second-order valence-electron chi connectivity index (χ2n) is 9.34. The molecule has 8 nitrogen and oxygen atoms in total. The second kappa shape index (κ2) is 11.2. The fraction of sp³-hybridized carbons (Fsp3) is 0.233. The van der Waals surface area contributed by atoms with Crippen LogP contribution in [0.15, 0.2) is 90.0 Å². The average Bonchev–Trinajstić information content (AvgIpc) is 2.97. The van der Waals surface area contributed by atoms with E-state index in [4.69, 9.17) is 4.74 Å². The van der Waals surface area contributed by atoms with Crippen molar-refractivity contribution in [3.63, 3.8) is 0 Å². The third-order valence-corrected chi connectivity index (χ3v) is 8.49. The number of rotatable bonds is 7. The van der Waals surface area contributed by atoms with E-state index in [1.165, 1.54) is 0 Å². The summed E-state index contributed by atoms with van der Waals surface area (Å²) in [5.41, 5.74) is 3.00. The molecule has 3 aromatic carbocycles. The van der Waals surface area contributed by atoms with Crippen LogP contribution in [0.4, 0.5) is 5.69 Å². The van der Waals surface area contributed by atoms with Gasteiger partial charge in [-0.15, -0.1) is 0 Å². The van der Waals surface area contributed by atoms with E-state index in [0.29, 0.717) is 55.0 Å². The summed E-state index contributed by atoms with van der Waals surface area (Å²) >= 11 is 0. The Balaban J connectivity index is 1.22. The van der Waals surface area contributed by atoms with Crippen molar-refractivity contribution in [1.82, 2.24) is 9.88 Å². The molecule has 4 aromatic rings. The quantitative estimate of drug-likeness (QED) is 0.320. The van der Waals surface area contributed by atoms with Crippen LogP contribution in [0.2, 0.25) is 0 Å². The predicted octanol–water partition coefficient (Wildman–Crippen LogP) is 4.35. The molecule has 1 aromatic heterocycles. The van der Waals surface area contributed by atoms with E-state index in [9.17, 15) is 18.0 Å². The minimum atomic E-state index is -3.63. The van der Waals surface area contributed by atoms with Crippen LogP contribution in [-0.4, -0.2) is 63.0 Å². The SMILES string of the molecule is CCOC(=O)c1cccc(N2CCN(C(=O)c3ccc(CS(=O)(=O)c4cccc5cccnc45)cc3)CC2)c1. The number of hydrogen-bond donors (Lipinski definition) is 0. The van der Waals surface area contributed by atoms with Gasteiger partial charge in [-0.2, -0.15) is 0 Å². The minimum Gasteiger partial charge on any atom is -0.462 e. The zero-order valence-corrected chi connectivity index (χ0v) is 22.4. The average molecular weight is 544 g/mol. The van der Waals surface area contributed by atoms with Crippen LogP contribution in [0, 0.1) is 0 Å². The number of esters is 1. The number of piperazine rings is 1. The normalized spacial score (nSPS) is 13.9. The number of ether oxygens (including phenoxy) is 1. The van der Waals surface area contributed by atoms with Gasteiger partial charge in [0.05, 0.1) is 28.3 Å². The van der Waals surface area contributed by atoms with Crippen molar-refractivity contribution in [3.05, 3.63) is 102 Å². The minimum absolute atomic E-state index is 0.0948. The lowest BCUT2D eigenvalue weighted by Gasteiger charge is -2.36. The van der Waals surface area contributed by atoms with E-state index >= 15 is 0 Å².